The fraction of sp³-hybridized carbons (Fsp3) is 0.0345. The van der Waals surface area contributed by atoms with E-state index >= 15 is 0 Å². The molecule has 1 aliphatic rings. The molecule has 10 aromatic rings. The monoisotopic (exact) mass is 790 g/mol. The molecule has 0 saturated heterocycles. The minimum absolute atomic E-state index is 0.615. The molecular weight excluding hydrogens is 753 g/mol. The highest BCUT2D eigenvalue weighted by atomic mass is 15.0. The Labute approximate surface area is 361 Å². The summed E-state index contributed by atoms with van der Waals surface area (Å²) in [5.41, 5.74) is 19.4. The highest BCUT2D eigenvalue weighted by Gasteiger charge is 2.23. The van der Waals surface area contributed by atoms with Crippen LogP contribution in [0.1, 0.15) is 16.7 Å². The van der Waals surface area contributed by atoms with Gasteiger partial charge in [0.1, 0.15) is 0 Å². The van der Waals surface area contributed by atoms with Gasteiger partial charge < -0.3 is 0 Å². The Morgan fingerprint density at radius 1 is 0.323 bits per heavy atom. The van der Waals surface area contributed by atoms with Crippen molar-refractivity contribution in [1.82, 2.24) is 15.0 Å². The number of benzene rings is 9. The van der Waals surface area contributed by atoms with Crippen LogP contribution in [0.4, 0.5) is 0 Å². The molecule has 0 bridgehead atoms. The summed E-state index contributed by atoms with van der Waals surface area (Å²) in [5.74, 6) is 1.89. The summed E-state index contributed by atoms with van der Waals surface area (Å²) in [6.07, 6.45) is 0. The molecule has 0 aliphatic heterocycles. The second kappa shape index (κ2) is 15.1. The molecular formula is C58H38N4. The predicted octanol–water partition coefficient (Wildman–Crippen LogP) is 14.8. The molecule has 0 spiro atoms. The maximum atomic E-state index is 10.4. The van der Waals surface area contributed by atoms with Crippen molar-refractivity contribution in [3.05, 3.63) is 211 Å². The molecule has 9 aromatic carbocycles. The zero-order chi connectivity index (χ0) is 41.7. The molecule has 62 heavy (non-hydrogen) atoms. The zero-order valence-corrected chi connectivity index (χ0v) is 34.3. The third-order valence-electron chi connectivity index (χ3n) is 12.1. The topological polar surface area (TPSA) is 62.5 Å². The fourth-order valence-electron chi connectivity index (χ4n) is 8.91. The predicted molar refractivity (Wildman–Crippen MR) is 254 cm³/mol. The van der Waals surface area contributed by atoms with Crippen molar-refractivity contribution in [2.24, 2.45) is 0 Å². The van der Waals surface area contributed by atoms with Gasteiger partial charge >= 0.3 is 0 Å². The Bertz CT molecular complexity index is 3320. The second-order valence-electron chi connectivity index (χ2n) is 16.0. The molecule has 0 N–H and O–H groups in total. The van der Waals surface area contributed by atoms with Crippen LogP contribution >= 0.6 is 0 Å². The fourth-order valence-corrected chi connectivity index (χ4v) is 8.91. The summed E-state index contributed by atoms with van der Waals surface area (Å²) in [4.78, 5) is 14.8. The van der Waals surface area contributed by atoms with Gasteiger partial charge in [-0.15, -0.1) is 0 Å². The molecule has 0 radical (unpaired) electrons. The van der Waals surface area contributed by atoms with Crippen LogP contribution in [-0.4, -0.2) is 15.0 Å². The maximum Gasteiger partial charge on any atom is 0.164 e. The van der Waals surface area contributed by atoms with Crippen molar-refractivity contribution in [2.75, 3.05) is 0 Å². The molecule has 4 nitrogen and oxygen atoms in total. The van der Waals surface area contributed by atoms with E-state index in [1.165, 1.54) is 49.7 Å². The minimum atomic E-state index is 0.615. The van der Waals surface area contributed by atoms with E-state index < -0.39 is 0 Å². The summed E-state index contributed by atoms with van der Waals surface area (Å²) in [6.45, 7) is 4.15. The standard InChI is InChI=1S/C58H38N4/c1-36-17-21-39(22-18-36)56-60-57(40-23-19-37(2)20-24-40)62-58(61-56)41-27-25-38(26-28-41)42-9-7-10-43(33-42)54-34-44(29-30-45(54)35-59)46-11-3-4-12-47(46)50-31-32-53-49-14-6-5-13-48(49)51-15-8-16-52(50)55(51)53/h3-34H,1-2H3. The minimum Gasteiger partial charge on any atom is -0.208 e. The van der Waals surface area contributed by atoms with E-state index in [0.717, 1.165) is 55.6 Å². The first-order valence-electron chi connectivity index (χ1n) is 20.9. The van der Waals surface area contributed by atoms with Gasteiger partial charge in [0, 0.05) is 22.3 Å². The van der Waals surface area contributed by atoms with Gasteiger partial charge in [0.15, 0.2) is 17.5 Å². The maximum absolute atomic E-state index is 10.4. The second-order valence-corrected chi connectivity index (χ2v) is 16.0. The van der Waals surface area contributed by atoms with Crippen molar-refractivity contribution in [1.29, 1.82) is 5.26 Å². The summed E-state index contributed by atoms with van der Waals surface area (Å²) in [5, 5.41) is 12.9. The lowest BCUT2D eigenvalue weighted by Gasteiger charge is -2.16. The highest BCUT2D eigenvalue weighted by molar-refractivity contribution is 6.19. The molecule has 1 aromatic heterocycles. The Morgan fingerprint density at radius 3 is 1.35 bits per heavy atom. The Kier molecular flexibility index (Phi) is 8.95. The van der Waals surface area contributed by atoms with Crippen molar-refractivity contribution in [3.63, 3.8) is 0 Å². The van der Waals surface area contributed by atoms with Gasteiger partial charge in [-0.05, 0) is 104 Å². The normalized spacial score (nSPS) is 11.4. The van der Waals surface area contributed by atoms with E-state index in [4.69, 9.17) is 15.0 Å². The van der Waals surface area contributed by atoms with Gasteiger partial charge in [-0.25, -0.2) is 15.0 Å². The molecule has 4 heteroatoms. The lowest BCUT2D eigenvalue weighted by Crippen LogP contribution is -2.00. The summed E-state index contributed by atoms with van der Waals surface area (Å²) in [7, 11) is 0. The molecule has 0 amide bonds. The molecule has 0 unspecified atom stereocenters. The molecule has 0 saturated carbocycles. The number of hydrogen-bond donors (Lipinski definition) is 0. The smallest absolute Gasteiger partial charge is 0.164 e. The van der Waals surface area contributed by atoms with Gasteiger partial charge in [-0.3, -0.25) is 0 Å². The van der Waals surface area contributed by atoms with E-state index in [9.17, 15) is 5.26 Å². The van der Waals surface area contributed by atoms with Crippen LogP contribution in [0.3, 0.4) is 0 Å². The number of aryl methyl sites for hydroxylation is 2. The first kappa shape index (κ1) is 36.8. The van der Waals surface area contributed by atoms with Gasteiger partial charge in [-0.2, -0.15) is 5.26 Å². The van der Waals surface area contributed by atoms with Crippen molar-refractivity contribution < 1.29 is 0 Å². The number of nitrogens with zero attached hydrogens (tertiary/aromatic N) is 4. The van der Waals surface area contributed by atoms with Crippen LogP contribution in [0.5, 0.6) is 0 Å². The van der Waals surface area contributed by atoms with Crippen LogP contribution < -0.4 is 0 Å². The Morgan fingerprint density at radius 2 is 0.758 bits per heavy atom. The molecule has 0 atom stereocenters. The van der Waals surface area contributed by atoms with E-state index in [0.29, 0.717) is 23.0 Å². The van der Waals surface area contributed by atoms with Crippen molar-refractivity contribution in [2.45, 2.75) is 13.8 Å². The first-order valence-corrected chi connectivity index (χ1v) is 20.9. The highest BCUT2D eigenvalue weighted by Crippen LogP contribution is 2.50. The lowest BCUT2D eigenvalue weighted by atomic mass is 9.88. The van der Waals surface area contributed by atoms with E-state index in [-0.39, 0.29) is 0 Å². The average Bonchev–Trinajstić information content (AvgIpc) is 3.66. The summed E-state index contributed by atoms with van der Waals surface area (Å²) < 4.78 is 0. The van der Waals surface area contributed by atoms with Crippen LogP contribution in [0.25, 0.3) is 112 Å². The quantitative estimate of drug-likeness (QED) is 0.161. The van der Waals surface area contributed by atoms with Gasteiger partial charge in [0.05, 0.1) is 11.6 Å². The molecule has 0 fully saturated rings. The van der Waals surface area contributed by atoms with E-state index in [1.54, 1.807) is 0 Å². The third kappa shape index (κ3) is 6.45. The van der Waals surface area contributed by atoms with E-state index in [2.05, 4.69) is 208 Å². The van der Waals surface area contributed by atoms with Crippen molar-refractivity contribution >= 4 is 10.8 Å². The first-order chi connectivity index (χ1) is 30.5. The number of hydrogen-bond acceptors (Lipinski definition) is 4. The number of nitriles is 1. The molecule has 1 aliphatic carbocycles. The number of aromatic nitrogens is 3. The largest absolute Gasteiger partial charge is 0.208 e. The summed E-state index contributed by atoms with van der Waals surface area (Å²) in [6, 6.07) is 70.6. The van der Waals surface area contributed by atoms with Crippen LogP contribution in [0, 0.1) is 25.2 Å². The molecule has 11 rings (SSSR count). The van der Waals surface area contributed by atoms with Crippen molar-refractivity contribution in [3.8, 4) is 107 Å². The zero-order valence-electron chi connectivity index (χ0n) is 34.3. The van der Waals surface area contributed by atoms with E-state index in [1.807, 2.05) is 6.07 Å². The lowest BCUT2D eigenvalue weighted by molar-refractivity contribution is 1.07. The number of rotatable bonds is 7. The summed E-state index contributed by atoms with van der Waals surface area (Å²) >= 11 is 0. The third-order valence-corrected chi connectivity index (χ3v) is 12.1. The SMILES string of the molecule is Cc1ccc(-c2nc(-c3ccc(C)cc3)nc(-c3ccc(-c4cccc(-c5cc(-c6ccccc6-c6ccc7c8c(cccc68)-c6ccccc6-7)ccc5C#N)c4)cc3)n2)cc1. The van der Waals surface area contributed by atoms with Crippen LogP contribution in [-0.2, 0) is 0 Å². The number of fused-ring (bicyclic) bond motifs is 3. The van der Waals surface area contributed by atoms with Crippen LogP contribution in [0.2, 0.25) is 0 Å². The van der Waals surface area contributed by atoms with Gasteiger partial charge in [-0.1, -0.05) is 187 Å². The molecule has 1 heterocycles. The van der Waals surface area contributed by atoms with Gasteiger partial charge in [0.2, 0.25) is 0 Å². The average molecular weight is 791 g/mol. The van der Waals surface area contributed by atoms with Gasteiger partial charge in [0.25, 0.3) is 0 Å². The molecule has 290 valence electrons. The van der Waals surface area contributed by atoms with Crippen LogP contribution in [0.15, 0.2) is 194 Å². The Hall–Kier alpha value is -8.26. The Balaban J connectivity index is 0.947.